The van der Waals surface area contributed by atoms with Crippen LogP contribution in [0.3, 0.4) is 0 Å². The summed E-state index contributed by atoms with van der Waals surface area (Å²) in [4.78, 5) is 4.54. The molecular formula is C18H20N2O3. The topological polar surface area (TPSA) is 70.5 Å². The van der Waals surface area contributed by atoms with Crippen LogP contribution in [-0.4, -0.2) is 11.6 Å². The van der Waals surface area contributed by atoms with Crippen LogP contribution in [0.15, 0.2) is 46.9 Å². The maximum absolute atomic E-state index is 5.83. The van der Waals surface area contributed by atoms with Crippen molar-refractivity contribution in [3.05, 3.63) is 53.9 Å². The lowest BCUT2D eigenvalue weighted by Gasteiger charge is -2.07. The number of ether oxygens (including phenoxy) is 2. The van der Waals surface area contributed by atoms with Gasteiger partial charge in [0, 0.05) is 6.07 Å². The van der Waals surface area contributed by atoms with Crippen molar-refractivity contribution in [3.63, 3.8) is 0 Å². The Hall–Kier alpha value is -2.53. The monoisotopic (exact) mass is 312 g/mol. The quantitative estimate of drug-likeness (QED) is 0.749. The van der Waals surface area contributed by atoms with Gasteiger partial charge in [0.05, 0.1) is 18.3 Å². The molecule has 2 aromatic heterocycles. The Morgan fingerprint density at radius 3 is 2.43 bits per heavy atom. The highest BCUT2D eigenvalue weighted by atomic mass is 16.5. The van der Waals surface area contributed by atoms with Gasteiger partial charge in [0.15, 0.2) is 5.58 Å². The lowest BCUT2D eigenvalue weighted by molar-refractivity contribution is 0.300. The fourth-order valence-corrected chi connectivity index (χ4v) is 2.25. The number of nitrogens with two attached hydrogens (primary N) is 1. The molecule has 0 bridgehead atoms. The number of hydrogen-bond acceptors (Lipinski definition) is 5. The second-order valence-corrected chi connectivity index (χ2v) is 5.32. The fraction of sp³-hybridized carbons (Fsp3) is 0.278. The van der Waals surface area contributed by atoms with Crippen molar-refractivity contribution >= 4 is 11.1 Å². The number of furan rings is 1. The number of pyridine rings is 1. The molecule has 23 heavy (non-hydrogen) atoms. The van der Waals surface area contributed by atoms with Gasteiger partial charge >= 0.3 is 0 Å². The first kappa shape index (κ1) is 15.4. The van der Waals surface area contributed by atoms with Crippen LogP contribution in [0.25, 0.3) is 11.1 Å². The molecule has 2 heterocycles. The summed E-state index contributed by atoms with van der Waals surface area (Å²) in [7, 11) is 0. The third-order valence-corrected chi connectivity index (χ3v) is 3.42. The maximum Gasteiger partial charge on any atom is 0.152 e. The van der Waals surface area contributed by atoms with E-state index >= 15 is 0 Å². The molecular weight excluding hydrogens is 292 g/mol. The molecule has 0 saturated carbocycles. The molecule has 0 spiro atoms. The van der Waals surface area contributed by atoms with Crippen molar-refractivity contribution in [2.24, 2.45) is 5.73 Å². The Bertz CT molecular complexity index is 779. The summed E-state index contributed by atoms with van der Waals surface area (Å²) in [5.41, 5.74) is 8.20. The van der Waals surface area contributed by atoms with Crippen molar-refractivity contribution in [3.8, 4) is 11.5 Å². The predicted octanol–water partition coefficient (Wildman–Crippen LogP) is 3.83. The summed E-state index contributed by atoms with van der Waals surface area (Å²) in [5, 5.41) is 0. The summed E-state index contributed by atoms with van der Waals surface area (Å²) in [6.45, 7) is 4.88. The van der Waals surface area contributed by atoms with Gasteiger partial charge in [0.2, 0.25) is 0 Å². The maximum atomic E-state index is 5.83. The van der Waals surface area contributed by atoms with E-state index < -0.39 is 0 Å². The van der Waals surface area contributed by atoms with E-state index in [1.807, 2.05) is 56.3 Å². The van der Waals surface area contributed by atoms with E-state index in [1.54, 1.807) is 0 Å². The van der Waals surface area contributed by atoms with Crippen LogP contribution in [0.5, 0.6) is 11.5 Å². The van der Waals surface area contributed by atoms with Gasteiger partial charge in [-0.05, 0) is 50.2 Å². The van der Waals surface area contributed by atoms with Gasteiger partial charge in [-0.1, -0.05) is 0 Å². The Kier molecular flexibility index (Phi) is 4.48. The Morgan fingerprint density at radius 2 is 1.78 bits per heavy atom. The van der Waals surface area contributed by atoms with Crippen LogP contribution in [0.2, 0.25) is 0 Å². The second kappa shape index (κ2) is 6.71. The standard InChI is InChI=1S/C18H20N2O3/c1-3-21-14-5-7-15(8-6-14)22-11-13-4-9-17-16(20-13)10-18(23-17)12(2)19/h4-10,12H,3,11,19H2,1-2H3. The largest absolute Gasteiger partial charge is 0.494 e. The summed E-state index contributed by atoms with van der Waals surface area (Å²) in [5.74, 6) is 2.34. The van der Waals surface area contributed by atoms with E-state index in [9.17, 15) is 0 Å². The van der Waals surface area contributed by atoms with Crippen molar-refractivity contribution in [2.75, 3.05) is 6.61 Å². The SMILES string of the molecule is CCOc1ccc(OCc2ccc3oc(C(C)N)cc3n2)cc1. The van der Waals surface area contributed by atoms with Crippen LogP contribution in [0.1, 0.15) is 31.3 Å². The third kappa shape index (κ3) is 3.63. The second-order valence-electron chi connectivity index (χ2n) is 5.32. The van der Waals surface area contributed by atoms with Crippen molar-refractivity contribution in [1.29, 1.82) is 0 Å². The van der Waals surface area contributed by atoms with Gasteiger partial charge < -0.3 is 19.6 Å². The Morgan fingerprint density at radius 1 is 1.09 bits per heavy atom. The molecule has 2 N–H and O–H groups in total. The van der Waals surface area contributed by atoms with Gasteiger partial charge in [0.25, 0.3) is 0 Å². The number of rotatable bonds is 6. The average Bonchev–Trinajstić information content (AvgIpc) is 2.98. The van der Waals surface area contributed by atoms with E-state index in [2.05, 4.69) is 4.98 Å². The molecule has 0 fully saturated rings. The van der Waals surface area contributed by atoms with Crippen LogP contribution in [0, 0.1) is 0 Å². The molecule has 1 aromatic carbocycles. The minimum absolute atomic E-state index is 0.146. The zero-order chi connectivity index (χ0) is 16.2. The summed E-state index contributed by atoms with van der Waals surface area (Å²) < 4.78 is 16.8. The lowest BCUT2D eigenvalue weighted by Crippen LogP contribution is -2.02. The van der Waals surface area contributed by atoms with Crippen LogP contribution in [-0.2, 0) is 6.61 Å². The molecule has 0 aliphatic carbocycles. The molecule has 120 valence electrons. The van der Waals surface area contributed by atoms with E-state index in [-0.39, 0.29) is 6.04 Å². The minimum Gasteiger partial charge on any atom is -0.494 e. The molecule has 5 heteroatoms. The van der Waals surface area contributed by atoms with Crippen molar-refractivity contribution in [2.45, 2.75) is 26.5 Å². The van der Waals surface area contributed by atoms with Gasteiger partial charge in [-0.2, -0.15) is 0 Å². The van der Waals surface area contributed by atoms with Crippen LogP contribution < -0.4 is 15.2 Å². The molecule has 1 unspecified atom stereocenters. The summed E-state index contributed by atoms with van der Waals surface area (Å²) in [6, 6.07) is 13.1. The minimum atomic E-state index is -0.146. The van der Waals surface area contributed by atoms with Crippen LogP contribution >= 0.6 is 0 Å². The number of aromatic nitrogens is 1. The van der Waals surface area contributed by atoms with Crippen molar-refractivity contribution < 1.29 is 13.9 Å². The highest BCUT2D eigenvalue weighted by Gasteiger charge is 2.09. The fourth-order valence-electron chi connectivity index (χ4n) is 2.25. The highest BCUT2D eigenvalue weighted by molar-refractivity contribution is 5.73. The first-order chi connectivity index (χ1) is 11.2. The molecule has 3 rings (SSSR count). The molecule has 0 amide bonds. The normalized spacial score (nSPS) is 12.3. The smallest absolute Gasteiger partial charge is 0.152 e. The highest BCUT2D eigenvalue weighted by Crippen LogP contribution is 2.22. The number of fused-ring (bicyclic) bond motifs is 1. The molecule has 1 atom stereocenters. The summed E-state index contributed by atoms with van der Waals surface area (Å²) in [6.07, 6.45) is 0. The molecule has 3 aromatic rings. The van der Waals surface area contributed by atoms with Gasteiger partial charge in [-0.25, -0.2) is 4.98 Å². The molecule has 0 saturated heterocycles. The summed E-state index contributed by atoms with van der Waals surface area (Å²) >= 11 is 0. The zero-order valence-corrected chi connectivity index (χ0v) is 13.3. The molecule has 5 nitrogen and oxygen atoms in total. The molecule has 0 radical (unpaired) electrons. The molecule has 0 aliphatic heterocycles. The number of hydrogen-bond donors (Lipinski definition) is 1. The van der Waals surface area contributed by atoms with Gasteiger partial charge in [-0.15, -0.1) is 0 Å². The van der Waals surface area contributed by atoms with Gasteiger partial charge in [0.1, 0.15) is 29.4 Å². The third-order valence-electron chi connectivity index (χ3n) is 3.42. The zero-order valence-electron chi connectivity index (χ0n) is 13.3. The molecule has 0 aliphatic rings. The Labute approximate surface area is 135 Å². The van der Waals surface area contributed by atoms with Crippen molar-refractivity contribution in [1.82, 2.24) is 4.98 Å². The van der Waals surface area contributed by atoms with E-state index in [0.717, 1.165) is 34.1 Å². The first-order valence-corrected chi connectivity index (χ1v) is 7.66. The van der Waals surface area contributed by atoms with Crippen LogP contribution in [0.4, 0.5) is 0 Å². The van der Waals surface area contributed by atoms with E-state index in [0.29, 0.717) is 13.2 Å². The van der Waals surface area contributed by atoms with E-state index in [4.69, 9.17) is 19.6 Å². The predicted molar refractivity (Wildman–Crippen MR) is 88.6 cm³/mol. The van der Waals surface area contributed by atoms with E-state index in [1.165, 1.54) is 0 Å². The first-order valence-electron chi connectivity index (χ1n) is 7.66. The number of benzene rings is 1. The average molecular weight is 312 g/mol. The van der Waals surface area contributed by atoms with Gasteiger partial charge in [-0.3, -0.25) is 0 Å². The number of nitrogens with zero attached hydrogens (tertiary/aromatic N) is 1. The lowest BCUT2D eigenvalue weighted by atomic mass is 10.2. The Balaban J connectivity index is 1.68.